The Balaban J connectivity index is 1.40. The highest BCUT2D eigenvalue weighted by Crippen LogP contribution is 2.32. The van der Waals surface area contributed by atoms with Gasteiger partial charge in [0.2, 0.25) is 0 Å². The number of hydrogen-bond acceptors (Lipinski definition) is 5. The molecule has 3 aromatic rings. The van der Waals surface area contributed by atoms with Crippen molar-refractivity contribution in [2.45, 2.75) is 11.1 Å². The maximum absolute atomic E-state index is 13.0. The van der Waals surface area contributed by atoms with Crippen LogP contribution in [0.4, 0.5) is 24.5 Å². The van der Waals surface area contributed by atoms with Gasteiger partial charge in [-0.2, -0.15) is 13.2 Å². The predicted octanol–water partition coefficient (Wildman–Crippen LogP) is 4.50. The number of hydrogen-bond donors (Lipinski definition) is 0. The van der Waals surface area contributed by atoms with E-state index in [9.17, 15) is 26.4 Å². The van der Waals surface area contributed by atoms with Crippen LogP contribution in [0.25, 0.3) is 0 Å². The van der Waals surface area contributed by atoms with Crippen LogP contribution in [0.2, 0.25) is 0 Å². The minimum absolute atomic E-state index is 0.106. The van der Waals surface area contributed by atoms with E-state index in [4.69, 9.17) is 4.74 Å². The summed E-state index contributed by atoms with van der Waals surface area (Å²) >= 11 is 0. The Hall–Kier alpha value is -3.73. The maximum atomic E-state index is 13.0. The average molecular weight is 534 g/mol. The number of carbonyl (C=O) groups is 1. The number of rotatable bonds is 6. The maximum Gasteiger partial charge on any atom is 0.416 e. The number of nitrogens with zero attached hydrogens (tertiary/aromatic N) is 3. The third-order valence-electron chi connectivity index (χ3n) is 6.30. The monoisotopic (exact) mass is 533 g/mol. The van der Waals surface area contributed by atoms with E-state index >= 15 is 0 Å². The highest BCUT2D eigenvalue weighted by molar-refractivity contribution is 7.92. The van der Waals surface area contributed by atoms with Crippen LogP contribution in [-0.4, -0.2) is 59.6 Å². The first-order valence-corrected chi connectivity index (χ1v) is 12.9. The first-order valence-electron chi connectivity index (χ1n) is 11.5. The largest absolute Gasteiger partial charge is 0.497 e. The van der Waals surface area contributed by atoms with Gasteiger partial charge in [-0.1, -0.05) is 6.07 Å². The Bertz CT molecular complexity index is 1350. The number of anilines is 2. The second kappa shape index (κ2) is 10.3. The molecule has 3 aromatic carbocycles. The lowest BCUT2D eigenvalue weighted by molar-refractivity contribution is -0.137. The van der Waals surface area contributed by atoms with Gasteiger partial charge in [0.1, 0.15) is 5.75 Å². The average Bonchev–Trinajstić information content (AvgIpc) is 2.92. The summed E-state index contributed by atoms with van der Waals surface area (Å²) in [5, 5.41) is 0. The molecule has 0 saturated carbocycles. The van der Waals surface area contributed by atoms with Crippen LogP contribution >= 0.6 is 0 Å². The molecule has 1 saturated heterocycles. The van der Waals surface area contributed by atoms with E-state index in [2.05, 4.69) is 0 Å². The van der Waals surface area contributed by atoms with E-state index in [1.165, 1.54) is 32.4 Å². The quantitative estimate of drug-likeness (QED) is 0.467. The Kier molecular flexibility index (Phi) is 7.35. The molecule has 0 atom stereocenters. The molecule has 0 bridgehead atoms. The summed E-state index contributed by atoms with van der Waals surface area (Å²) in [4.78, 5) is 16.6. The van der Waals surface area contributed by atoms with Gasteiger partial charge in [-0.3, -0.25) is 9.10 Å². The summed E-state index contributed by atoms with van der Waals surface area (Å²) in [5.41, 5.74) is 0.545. The molecule has 0 aliphatic carbocycles. The summed E-state index contributed by atoms with van der Waals surface area (Å²) in [6.45, 7) is 1.49. The van der Waals surface area contributed by atoms with Crippen LogP contribution in [0.5, 0.6) is 5.75 Å². The molecule has 0 spiro atoms. The Morgan fingerprint density at radius 1 is 0.919 bits per heavy atom. The third-order valence-corrected chi connectivity index (χ3v) is 8.10. The lowest BCUT2D eigenvalue weighted by Gasteiger charge is -2.36. The van der Waals surface area contributed by atoms with Crippen molar-refractivity contribution in [2.24, 2.45) is 0 Å². The molecule has 1 fully saturated rings. The number of sulfonamides is 1. The SMILES string of the molecule is COc1ccc(S(=O)(=O)N(C)c2ccc(C(=O)N3CCN(c4cccc(C(F)(F)F)c4)CC3)cc2)cc1. The first-order chi connectivity index (χ1) is 17.5. The van der Waals surface area contributed by atoms with Gasteiger partial charge in [0.15, 0.2) is 0 Å². The highest BCUT2D eigenvalue weighted by Gasteiger charge is 2.31. The van der Waals surface area contributed by atoms with E-state index in [0.29, 0.717) is 48.9 Å². The molecule has 1 aliphatic heterocycles. The smallest absolute Gasteiger partial charge is 0.416 e. The van der Waals surface area contributed by atoms with Crippen LogP contribution in [0.1, 0.15) is 15.9 Å². The standard InChI is InChI=1S/C26H26F3N3O4S/c1-30(37(34,35)24-12-10-23(36-2)11-13-24)21-8-6-19(7-9-21)25(33)32-16-14-31(15-17-32)22-5-3-4-20(18-22)26(27,28)29/h3-13,18H,14-17H2,1-2H3. The molecule has 4 rings (SSSR count). The van der Waals surface area contributed by atoms with Crippen molar-refractivity contribution in [1.29, 1.82) is 0 Å². The summed E-state index contributed by atoms with van der Waals surface area (Å²) < 4.78 is 71.2. The zero-order valence-electron chi connectivity index (χ0n) is 20.3. The summed E-state index contributed by atoms with van der Waals surface area (Å²) in [7, 11) is -0.880. The number of methoxy groups -OCH3 is 1. The molecular weight excluding hydrogens is 507 g/mol. The fourth-order valence-corrected chi connectivity index (χ4v) is 5.28. The second-order valence-electron chi connectivity index (χ2n) is 8.52. The molecule has 37 heavy (non-hydrogen) atoms. The number of benzene rings is 3. The minimum atomic E-state index is -4.41. The van der Waals surface area contributed by atoms with Gasteiger partial charge in [-0.05, 0) is 66.7 Å². The van der Waals surface area contributed by atoms with Crippen LogP contribution in [0.15, 0.2) is 77.7 Å². The zero-order chi connectivity index (χ0) is 26.8. The number of amides is 1. The van der Waals surface area contributed by atoms with Crippen LogP contribution in [0.3, 0.4) is 0 Å². The van der Waals surface area contributed by atoms with Gasteiger partial charge in [-0.15, -0.1) is 0 Å². The highest BCUT2D eigenvalue weighted by atomic mass is 32.2. The van der Waals surface area contributed by atoms with Crippen molar-refractivity contribution in [2.75, 3.05) is 49.5 Å². The van der Waals surface area contributed by atoms with Crippen LogP contribution in [-0.2, 0) is 16.2 Å². The molecule has 1 amide bonds. The molecular formula is C26H26F3N3O4S. The molecule has 0 N–H and O–H groups in total. The molecule has 0 aromatic heterocycles. The summed E-state index contributed by atoms with van der Waals surface area (Å²) in [6.07, 6.45) is -4.41. The predicted molar refractivity (Wildman–Crippen MR) is 135 cm³/mol. The van der Waals surface area contributed by atoms with Gasteiger partial charge in [0.05, 0.1) is 23.3 Å². The lowest BCUT2D eigenvalue weighted by Crippen LogP contribution is -2.48. The van der Waals surface area contributed by atoms with Gasteiger partial charge < -0.3 is 14.5 Å². The first kappa shape index (κ1) is 26.3. The van der Waals surface area contributed by atoms with Gasteiger partial charge >= 0.3 is 6.18 Å². The number of carbonyl (C=O) groups excluding carboxylic acids is 1. The topological polar surface area (TPSA) is 70.2 Å². The minimum Gasteiger partial charge on any atom is -0.497 e. The van der Waals surface area contributed by atoms with E-state index in [-0.39, 0.29) is 10.8 Å². The zero-order valence-corrected chi connectivity index (χ0v) is 21.1. The molecule has 11 heteroatoms. The molecule has 7 nitrogen and oxygen atoms in total. The molecule has 1 heterocycles. The fourth-order valence-electron chi connectivity index (χ4n) is 4.09. The van der Waals surface area contributed by atoms with Crippen molar-refractivity contribution in [1.82, 2.24) is 4.90 Å². The summed E-state index contributed by atoms with van der Waals surface area (Å²) in [5.74, 6) is 0.316. The van der Waals surface area contributed by atoms with Crippen LogP contribution in [0, 0.1) is 0 Å². The lowest BCUT2D eigenvalue weighted by atomic mass is 10.1. The number of halogens is 3. The van der Waals surface area contributed by atoms with E-state index < -0.39 is 21.8 Å². The summed E-state index contributed by atoms with van der Waals surface area (Å²) in [6, 6.07) is 17.5. The molecule has 0 unspecified atom stereocenters. The van der Waals surface area contributed by atoms with Crippen molar-refractivity contribution in [3.63, 3.8) is 0 Å². The van der Waals surface area contributed by atoms with Crippen molar-refractivity contribution < 1.29 is 31.1 Å². The van der Waals surface area contributed by atoms with Gasteiger partial charge in [0, 0.05) is 44.5 Å². The number of alkyl halides is 3. The van der Waals surface area contributed by atoms with Crippen molar-refractivity contribution in [3.8, 4) is 5.75 Å². The second-order valence-corrected chi connectivity index (χ2v) is 10.5. The molecule has 0 radical (unpaired) electrons. The van der Waals surface area contributed by atoms with Gasteiger partial charge in [-0.25, -0.2) is 8.42 Å². The Morgan fingerprint density at radius 3 is 2.11 bits per heavy atom. The number of ether oxygens (including phenoxy) is 1. The van der Waals surface area contributed by atoms with Crippen molar-refractivity contribution >= 4 is 27.3 Å². The normalized spacial score (nSPS) is 14.4. The van der Waals surface area contributed by atoms with E-state index in [1.807, 2.05) is 4.90 Å². The van der Waals surface area contributed by atoms with E-state index in [1.54, 1.807) is 47.4 Å². The fraction of sp³-hybridized carbons (Fsp3) is 0.269. The van der Waals surface area contributed by atoms with E-state index in [0.717, 1.165) is 16.4 Å². The third kappa shape index (κ3) is 5.66. The Morgan fingerprint density at radius 2 is 1.54 bits per heavy atom. The Labute approximate surface area is 213 Å². The van der Waals surface area contributed by atoms with Crippen LogP contribution < -0.4 is 13.9 Å². The molecule has 1 aliphatic rings. The van der Waals surface area contributed by atoms with Crippen molar-refractivity contribution in [3.05, 3.63) is 83.9 Å². The number of piperazine rings is 1. The molecule has 196 valence electrons. The van der Waals surface area contributed by atoms with Gasteiger partial charge in [0.25, 0.3) is 15.9 Å².